The molecule has 0 saturated carbocycles. The van der Waals surface area contributed by atoms with Gasteiger partial charge in [0.15, 0.2) is 0 Å². The van der Waals surface area contributed by atoms with Gasteiger partial charge in [0.05, 0.1) is 5.69 Å². The predicted molar refractivity (Wildman–Crippen MR) is 97.6 cm³/mol. The zero-order valence-corrected chi connectivity index (χ0v) is 15.0. The lowest BCUT2D eigenvalue weighted by Crippen LogP contribution is -2.32. The summed E-state index contributed by atoms with van der Waals surface area (Å²) in [6.45, 7) is 1.64. The van der Waals surface area contributed by atoms with Crippen molar-refractivity contribution >= 4 is 23.4 Å². The van der Waals surface area contributed by atoms with Crippen LogP contribution in [0.5, 0.6) is 0 Å². The average Bonchev–Trinajstić information content (AvgIpc) is 2.99. The van der Waals surface area contributed by atoms with Gasteiger partial charge in [-0.05, 0) is 49.4 Å². The maximum atomic E-state index is 13.8. The SMILES string of the molecule is CN1CC[C@H](OC(=O)N(C)c2ccc(F)cc2-c2cccc(Cl)c2)C1. The minimum absolute atomic E-state index is 0.116. The van der Waals surface area contributed by atoms with E-state index in [0.717, 1.165) is 25.1 Å². The third-order valence-electron chi connectivity index (χ3n) is 4.35. The van der Waals surface area contributed by atoms with E-state index in [4.69, 9.17) is 16.3 Å². The second-order valence-corrected chi connectivity index (χ2v) is 6.72. The smallest absolute Gasteiger partial charge is 0.414 e. The Labute approximate surface area is 151 Å². The maximum absolute atomic E-state index is 13.8. The van der Waals surface area contributed by atoms with Gasteiger partial charge in [-0.2, -0.15) is 0 Å². The molecule has 6 heteroatoms. The fourth-order valence-corrected chi connectivity index (χ4v) is 3.19. The molecule has 0 bridgehead atoms. The van der Waals surface area contributed by atoms with Crippen LogP contribution in [0.3, 0.4) is 0 Å². The molecule has 132 valence electrons. The summed E-state index contributed by atoms with van der Waals surface area (Å²) in [5.74, 6) is -0.377. The summed E-state index contributed by atoms with van der Waals surface area (Å²) in [4.78, 5) is 16.0. The topological polar surface area (TPSA) is 32.8 Å². The van der Waals surface area contributed by atoms with E-state index in [0.29, 0.717) is 16.3 Å². The van der Waals surface area contributed by atoms with Gasteiger partial charge in [-0.15, -0.1) is 0 Å². The highest BCUT2D eigenvalue weighted by atomic mass is 35.5. The molecule has 25 heavy (non-hydrogen) atoms. The molecule has 0 spiro atoms. The highest BCUT2D eigenvalue weighted by molar-refractivity contribution is 6.30. The van der Waals surface area contributed by atoms with Crippen molar-refractivity contribution in [2.24, 2.45) is 0 Å². The Kier molecular flexibility index (Phi) is 5.25. The molecule has 2 aromatic carbocycles. The van der Waals surface area contributed by atoms with Gasteiger partial charge in [0.25, 0.3) is 0 Å². The number of anilines is 1. The van der Waals surface area contributed by atoms with Crippen LogP contribution in [0.2, 0.25) is 5.02 Å². The summed E-state index contributed by atoms with van der Waals surface area (Å²) in [7, 11) is 3.62. The molecule has 0 unspecified atom stereocenters. The van der Waals surface area contributed by atoms with E-state index in [1.165, 1.54) is 17.0 Å². The van der Waals surface area contributed by atoms with Crippen LogP contribution in [0, 0.1) is 5.82 Å². The van der Waals surface area contributed by atoms with E-state index in [9.17, 15) is 9.18 Å². The number of amides is 1. The normalized spacial score (nSPS) is 17.5. The average molecular weight is 363 g/mol. The van der Waals surface area contributed by atoms with Gasteiger partial charge in [-0.3, -0.25) is 4.90 Å². The zero-order valence-electron chi connectivity index (χ0n) is 14.2. The number of hydrogen-bond acceptors (Lipinski definition) is 3. The lowest BCUT2D eigenvalue weighted by atomic mass is 10.0. The van der Waals surface area contributed by atoms with Crippen LogP contribution in [0.1, 0.15) is 6.42 Å². The molecule has 1 atom stereocenters. The third kappa shape index (κ3) is 4.11. The number of likely N-dealkylation sites (tertiary alicyclic amines) is 1. The highest BCUT2D eigenvalue weighted by Crippen LogP contribution is 2.33. The van der Waals surface area contributed by atoms with Crippen molar-refractivity contribution in [3.8, 4) is 11.1 Å². The summed E-state index contributed by atoms with van der Waals surface area (Å²) in [6.07, 6.45) is 0.255. The van der Waals surface area contributed by atoms with Gasteiger partial charge < -0.3 is 9.64 Å². The van der Waals surface area contributed by atoms with Crippen molar-refractivity contribution in [1.82, 2.24) is 4.90 Å². The van der Waals surface area contributed by atoms with E-state index >= 15 is 0 Å². The molecule has 1 heterocycles. The van der Waals surface area contributed by atoms with Crippen molar-refractivity contribution < 1.29 is 13.9 Å². The van der Waals surface area contributed by atoms with Gasteiger partial charge in [-0.1, -0.05) is 23.7 Å². The number of carbonyl (C=O) groups is 1. The first-order valence-electron chi connectivity index (χ1n) is 8.12. The van der Waals surface area contributed by atoms with Crippen molar-refractivity contribution in [2.75, 3.05) is 32.1 Å². The number of hydrogen-bond donors (Lipinski definition) is 0. The summed E-state index contributed by atoms with van der Waals surface area (Å²) in [5.41, 5.74) is 1.90. The minimum Gasteiger partial charge on any atom is -0.444 e. The molecule has 0 radical (unpaired) electrons. The Hall–Kier alpha value is -2.11. The summed E-state index contributed by atoms with van der Waals surface area (Å²) in [5, 5.41) is 0.548. The molecule has 0 aliphatic carbocycles. The van der Waals surface area contributed by atoms with E-state index in [2.05, 4.69) is 4.90 Å². The van der Waals surface area contributed by atoms with E-state index in [1.807, 2.05) is 13.1 Å². The second kappa shape index (κ2) is 7.42. The predicted octanol–water partition coefficient (Wildman–Crippen LogP) is 4.42. The molecule has 0 aromatic heterocycles. The summed E-state index contributed by atoms with van der Waals surface area (Å²) >= 11 is 6.05. The monoisotopic (exact) mass is 362 g/mol. The fourth-order valence-electron chi connectivity index (χ4n) is 3.00. The number of halogens is 2. The summed E-state index contributed by atoms with van der Waals surface area (Å²) in [6, 6.07) is 11.4. The van der Waals surface area contributed by atoms with Crippen LogP contribution in [-0.4, -0.2) is 44.3 Å². The highest BCUT2D eigenvalue weighted by Gasteiger charge is 2.26. The number of ether oxygens (including phenoxy) is 1. The molecule has 1 aliphatic heterocycles. The number of likely N-dealkylation sites (N-methyl/N-ethyl adjacent to an activating group) is 1. The Morgan fingerprint density at radius 3 is 2.80 bits per heavy atom. The fraction of sp³-hybridized carbons (Fsp3) is 0.316. The molecular weight excluding hydrogens is 343 g/mol. The molecule has 3 rings (SSSR count). The van der Waals surface area contributed by atoms with Crippen LogP contribution >= 0.6 is 11.6 Å². The van der Waals surface area contributed by atoms with Gasteiger partial charge in [0, 0.05) is 30.7 Å². The minimum atomic E-state index is -0.449. The van der Waals surface area contributed by atoms with Crippen LogP contribution in [0.25, 0.3) is 11.1 Å². The Balaban J connectivity index is 1.87. The number of carbonyl (C=O) groups excluding carboxylic acids is 1. The Bertz CT molecular complexity index is 784. The molecule has 1 aliphatic rings. The molecule has 1 saturated heterocycles. The molecule has 1 fully saturated rings. The molecular formula is C19H20ClFN2O2. The summed E-state index contributed by atoms with van der Waals surface area (Å²) < 4.78 is 19.4. The molecule has 4 nitrogen and oxygen atoms in total. The van der Waals surface area contributed by atoms with Crippen LogP contribution in [0.15, 0.2) is 42.5 Å². The molecule has 0 N–H and O–H groups in total. The first kappa shape index (κ1) is 17.7. The van der Waals surface area contributed by atoms with Crippen molar-refractivity contribution in [1.29, 1.82) is 0 Å². The molecule has 1 amide bonds. The third-order valence-corrected chi connectivity index (χ3v) is 4.58. The number of benzene rings is 2. The van der Waals surface area contributed by atoms with E-state index < -0.39 is 6.09 Å². The lowest BCUT2D eigenvalue weighted by Gasteiger charge is -2.23. The molecule has 2 aromatic rings. The number of nitrogens with zero attached hydrogens (tertiary/aromatic N) is 2. The van der Waals surface area contributed by atoms with Crippen molar-refractivity contribution in [2.45, 2.75) is 12.5 Å². The van der Waals surface area contributed by atoms with Crippen molar-refractivity contribution in [3.05, 3.63) is 53.3 Å². The Morgan fingerprint density at radius 1 is 1.32 bits per heavy atom. The number of rotatable bonds is 3. The van der Waals surface area contributed by atoms with Gasteiger partial charge in [-0.25, -0.2) is 9.18 Å². The van der Waals surface area contributed by atoms with Crippen LogP contribution in [0.4, 0.5) is 14.9 Å². The van der Waals surface area contributed by atoms with E-state index in [1.54, 1.807) is 31.3 Å². The lowest BCUT2D eigenvalue weighted by molar-refractivity contribution is 0.110. The quantitative estimate of drug-likeness (QED) is 0.810. The zero-order chi connectivity index (χ0) is 18.0. The largest absolute Gasteiger partial charge is 0.444 e. The standard InChI is InChI=1S/C19H20ClFN2O2/c1-22-9-8-16(12-22)25-19(24)23(2)18-7-6-15(21)11-17(18)13-4-3-5-14(20)10-13/h3-7,10-11,16H,8-9,12H2,1-2H3/t16-/m0/s1. The van der Waals surface area contributed by atoms with E-state index in [-0.39, 0.29) is 11.9 Å². The van der Waals surface area contributed by atoms with Gasteiger partial charge in [0.2, 0.25) is 0 Å². The van der Waals surface area contributed by atoms with Gasteiger partial charge in [0.1, 0.15) is 11.9 Å². The maximum Gasteiger partial charge on any atom is 0.414 e. The first-order valence-corrected chi connectivity index (χ1v) is 8.50. The van der Waals surface area contributed by atoms with Crippen LogP contribution < -0.4 is 4.90 Å². The second-order valence-electron chi connectivity index (χ2n) is 6.29. The Morgan fingerprint density at radius 2 is 2.12 bits per heavy atom. The van der Waals surface area contributed by atoms with Crippen molar-refractivity contribution in [3.63, 3.8) is 0 Å². The van der Waals surface area contributed by atoms with Crippen LogP contribution in [-0.2, 0) is 4.74 Å². The van der Waals surface area contributed by atoms with Gasteiger partial charge >= 0.3 is 6.09 Å². The first-order chi connectivity index (χ1) is 11.9.